The zero-order valence-corrected chi connectivity index (χ0v) is 7.71. The number of ether oxygens (including phenoxy) is 1. The zero-order chi connectivity index (χ0) is 9.84. The number of pyridine rings is 1. The largest absolute Gasteiger partial charge is 0.481 e. The fourth-order valence-corrected chi connectivity index (χ4v) is 1.16. The Balaban J connectivity index is 3.01. The van der Waals surface area contributed by atoms with Crippen LogP contribution in [0.3, 0.4) is 0 Å². The van der Waals surface area contributed by atoms with Gasteiger partial charge in [0.2, 0.25) is 5.88 Å². The smallest absolute Gasteiger partial charge is 0.307 e. The average Bonchev–Trinajstić information content (AvgIpc) is 2.08. The van der Waals surface area contributed by atoms with Gasteiger partial charge < -0.3 is 9.84 Å². The summed E-state index contributed by atoms with van der Waals surface area (Å²) in [6, 6.07) is 1.55. The molecule has 0 fully saturated rings. The van der Waals surface area contributed by atoms with E-state index in [-0.39, 0.29) is 17.3 Å². The molecule has 5 heteroatoms. The molecule has 1 N–H and O–H groups in total. The number of rotatable bonds is 3. The number of methoxy groups -OCH3 is 1. The van der Waals surface area contributed by atoms with E-state index in [1.165, 1.54) is 13.3 Å². The predicted molar refractivity (Wildman–Crippen MR) is 47.1 cm³/mol. The van der Waals surface area contributed by atoms with E-state index in [1.807, 2.05) is 0 Å². The van der Waals surface area contributed by atoms with Gasteiger partial charge in [-0.1, -0.05) is 11.6 Å². The highest BCUT2D eigenvalue weighted by atomic mass is 35.5. The van der Waals surface area contributed by atoms with Crippen molar-refractivity contribution in [3.63, 3.8) is 0 Å². The molecule has 13 heavy (non-hydrogen) atoms. The number of carbonyl (C=O) groups is 1. The molecule has 1 aromatic heterocycles. The lowest BCUT2D eigenvalue weighted by Crippen LogP contribution is -2.02. The first-order valence-corrected chi connectivity index (χ1v) is 3.92. The summed E-state index contributed by atoms with van der Waals surface area (Å²) in [5.74, 6) is -0.685. The Morgan fingerprint density at radius 1 is 1.77 bits per heavy atom. The molecule has 0 atom stereocenters. The average molecular weight is 202 g/mol. The lowest BCUT2D eigenvalue weighted by molar-refractivity contribution is -0.136. The van der Waals surface area contributed by atoms with E-state index in [0.29, 0.717) is 5.56 Å². The van der Waals surface area contributed by atoms with Crippen molar-refractivity contribution in [2.75, 3.05) is 7.11 Å². The van der Waals surface area contributed by atoms with Gasteiger partial charge in [0, 0.05) is 6.20 Å². The Labute approximate surface area is 80.1 Å². The van der Waals surface area contributed by atoms with Gasteiger partial charge in [-0.3, -0.25) is 4.79 Å². The molecule has 0 aliphatic heterocycles. The molecule has 4 nitrogen and oxygen atoms in total. The summed E-state index contributed by atoms with van der Waals surface area (Å²) in [7, 11) is 1.43. The maximum atomic E-state index is 10.4. The number of halogens is 1. The number of hydrogen-bond donors (Lipinski definition) is 1. The van der Waals surface area contributed by atoms with Crippen molar-refractivity contribution < 1.29 is 14.6 Å². The van der Waals surface area contributed by atoms with Crippen LogP contribution in [0.25, 0.3) is 0 Å². The summed E-state index contributed by atoms with van der Waals surface area (Å²) < 4.78 is 4.83. The maximum absolute atomic E-state index is 10.4. The number of carboxylic acid groups (broad SMARTS) is 1. The van der Waals surface area contributed by atoms with Crippen LogP contribution in [0, 0.1) is 0 Å². The summed E-state index contributed by atoms with van der Waals surface area (Å²) in [6.07, 6.45) is 1.33. The molecule has 0 spiro atoms. The van der Waals surface area contributed by atoms with Gasteiger partial charge in [0.1, 0.15) is 5.02 Å². The van der Waals surface area contributed by atoms with Crippen LogP contribution in [0.5, 0.6) is 5.88 Å². The van der Waals surface area contributed by atoms with Gasteiger partial charge in [0.05, 0.1) is 13.5 Å². The van der Waals surface area contributed by atoms with Gasteiger partial charge in [-0.2, -0.15) is 0 Å². The van der Waals surface area contributed by atoms with Crippen molar-refractivity contribution in [3.05, 3.63) is 22.8 Å². The summed E-state index contributed by atoms with van der Waals surface area (Å²) in [6.45, 7) is 0. The quantitative estimate of drug-likeness (QED) is 0.803. The van der Waals surface area contributed by atoms with Crippen LogP contribution in [0.2, 0.25) is 5.02 Å². The van der Waals surface area contributed by atoms with E-state index in [1.54, 1.807) is 6.07 Å². The van der Waals surface area contributed by atoms with Gasteiger partial charge in [0.15, 0.2) is 0 Å². The van der Waals surface area contributed by atoms with Crippen LogP contribution in [-0.4, -0.2) is 23.2 Å². The molecule has 0 saturated carbocycles. The summed E-state index contributed by atoms with van der Waals surface area (Å²) in [5, 5.41) is 8.79. The standard InChI is InChI=1S/C8H8ClNO3/c1-13-8-7(9)5(2-3-10-8)4-6(11)12/h2-3H,4H2,1H3,(H,11,12). The second-order valence-corrected chi connectivity index (χ2v) is 2.74. The minimum Gasteiger partial charge on any atom is -0.481 e. The van der Waals surface area contributed by atoms with Crippen LogP contribution in [0.4, 0.5) is 0 Å². The Bertz CT molecular complexity index is 327. The van der Waals surface area contributed by atoms with E-state index >= 15 is 0 Å². The number of aromatic nitrogens is 1. The molecule has 0 radical (unpaired) electrons. The molecule has 0 saturated heterocycles. The molecule has 1 heterocycles. The molecule has 0 bridgehead atoms. The van der Waals surface area contributed by atoms with Crippen molar-refractivity contribution in [3.8, 4) is 5.88 Å². The van der Waals surface area contributed by atoms with Crippen molar-refractivity contribution in [2.45, 2.75) is 6.42 Å². The van der Waals surface area contributed by atoms with Crippen molar-refractivity contribution in [1.82, 2.24) is 4.98 Å². The number of aliphatic carboxylic acids is 1. The molecule has 0 aromatic carbocycles. The molecule has 0 aliphatic rings. The van der Waals surface area contributed by atoms with E-state index < -0.39 is 5.97 Å². The molecular weight excluding hydrogens is 194 g/mol. The lowest BCUT2D eigenvalue weighted by atomic mass is 10.2. The molecule has 70 valence electrons. The van der Waals surface area contributed by atoms with Gasteiger partial charge in [-0.15, -0.1) is 0 Å². The minimum absolute atomic E-state index is 0.127. The predicted octanol–water partition coefficient (Wildman–Crippen LogP) is 1.37. The van der Waals surface area contributed by atoms with Crippen LogP contribution in [0.15, 0.2) is 12.3 Å². The van der Waals surface area contributed by atoms with Crippen LogP contribution < -0.4 is 4.74 Å². The second kappa shape index (κ2) is 4.09. The Kier molecular flexibility index (Phi) is 3.08. The normalized spacial score (nSPS) is 9.69. The molecule has 1 aromatic rings. The third-order valence-electron chi connectivity index (χ3n) is 1.47. The summed E-state index contributed by atoms with van der Waals surface area (Å²) in [4.78, 5) is 14.2. The number of carboxylic acids is 1. The van der Waals surface area contributed by atoms with Gasteiger partial charge in [-0.25, -0.2) is 4.98 Å². The van der Waals surface area contributed by atoms with E-state index in [0.717, 1.165) is 0 Å². The topological polar surface area (TPSA) is 59.4 Å². The monoisotopic (exact) mass is 201 g/mol. The first-order chi connectivity index (χ1) is 6.15. The third-order valence-corrected chi connectivity index (χ3v) is 1.88. The molecule has 0 aliphatic carbocycles. The fraction of sp³-hybridized carbons (Fsp3) is 0.250. The number of hydrogen-bond acceptors (Lipinski definition) is 3. The van der Waals surface area contributed by atoms with Crippen LogP contribution in [0.1, 0.15) is 5.56 Å². The first kappa shape index (κ1) is 9.80. The molecule has 0 amide bonds. The zero-order valence-electron chi connectivity index (χ0n) is 6.95. The maximum Gasteiger partial charge on any atom is 0.307 e. The lowest BCUT2D eigenvalue weighted by Gasteiger charge is -2.04. The molecule has 1 rings (SSSR count). The van der Waals surface area contributed by atoms with E-state index in [4.69, 9.17) is 21.4 Å². The third kappa shape index (κ3) is 2.32. The second-order valence-electron chi connectivity index (χ2n) is 2.36. The molecular formula is C8H8ClNO3. The van der Waals surface area contributed by atoms with Gasteiger partial charge in [0.25, 0.3) is 0 Å². The van der Waals surface area contributed by atoms with Crippen molar-refractivity contribution >= 4 is 17.6 Å². The first-order valence-electron chi connectivity index (χ1n) is 3.54. The highest BCUT2D eigenvalue weighted by Gasteiger charge is 2.10. The summed E-state index contributed by atoms with van der Waals surface area (Å²) in [5.41, 5.74) is 0.501. The number of nitrogens with zero attached hydrogens (tertiary/aromatic N) is 1. The highest BCUT2D eigenvalue weighted by molar-refractivity contribution is 6.32. The molecule has 0 unspecified atom stereocenters. The Morgan fingerprint density at radius 2 is 2.46 bits per heavy atom. The SMILES string of the molecule is COc1nccc(CC(=O)O)c1Cl. The summed E-state index contributed by atoms with van der Waals surface area (Å²) >= 11 is 5.80. The highest BCUT2D eigenvalue weighted by Crippen LogP contribution is 2.25. The van der Waals surface area contributed by atoms with Gasteiger partial charge >= 0.3 is 5.97 Å². The van der Waals surface area contributed by atoms with E-state index in [2.05, 4.69) is 4.98 Å². The van der Waals surface area contributed by atoms with Gasteiger partial charge in [-0.05, 0) is 11.6 Å². The van der Waals surface area contributed by atoms with Crippen LogP contribution >= 0.6 is 11.6 Å². The Morgan fingerprint density at radius 3 is 3.00 bits per heavy atom. The minimum atomic E-state index is -0.935. The van der Waals surface area contributed by atoms with Crippen molar-refractivity contribution in [1.29, 1.82) is 0 Å². The van der Waals surface area contributed by atoms with E-state index in [9.17, 15) is 4.79 Å². The van der Waals surface area contributed by atoms with Crippen molar-refractivity contribution in [2.24, 2.45) is 0 Å². The Hall–Kier alpha value is -1.29. The van der Waals surface area contributed by atoms with Crippen LogP contribution in [-0.2, 0) is 11.2 Å². The fourth-order valence-electron chi connectivity index (χ4n) is 0.904.